The van der Waals surface area contributed by atoms with Crippen LogP contribution in [-0.2, 0) is 13.0 Å². The number of aromatic nitrogens is 3. The van der Waals surface area contributed by atoms with Crippen LogP contribution in [-0.4, -0.2) is 21.5 Å². The molecule has 0 unspecified atom stereocenters. The minimum atomic E-state index is 0.659. The first-order chi connectivity index (χ1) is 14.9. The summed E-state index contributed by atoms with van der Waals surface area (Å²) in [7, 11) is 0. The molecular weight excluding hydrogens is 370 g/mol. The van der Waals surface area contributed by atoms with Crippen molar-refractivity contribution >= 4 is 11.6 Å². The van der Waals surface area contributed by atoms with Crippen molar-refractivity contribution in [3.8, 4) is 11.4 Å². The fraction of sp³-hybridized carbons (Fsp3) is 0.160. The third-order valence-corrected chi connectivity index (χ3v) is 4.75. The van der Waals surface area contributed by atoms with Gasteiger partial charge in [0.05, 0.1) is 0 Å². The van der Waals surface area contributed by atoms with Crippen LogP contribution in [0.25, 0.3) is 11.4 Å². The fourth-order valence-electron chi connectivity index (χ4n) is 3.19. The summed E-state index contributed by atoms with van der Waals surface area (Å²) in [6.45, 7) is 1.51. The third-order valence-electron chi connectivity index (χ3n) is 4.75. The molecule has 4 rings (SSSR count). The molecule has 0 aliphatic heterocycles. The van der Waals surface area contributed by atoms with Gasteiger partial charge in [0.2, 0.25) is 0 Å². The van der Waals surface area contributed by atoms with E-state index in [0.717, 1.165) is 42.1 Å². The Morgan fingerprint density at radius 2 is 1.40 bits per heavy atom. The molecule has 0 saturated carbocycles. The zero-order valence-corrected chi connectivity index (χ0v) is 16.8. The minimum absolute atomic E-state index is 0.659. The molecule has 4 aromatic rings. The first-order valence-corrected chi connectivity index (χ1v) is 10.2. The number of nitrogens with zero attached hydrogens (tertiary/aromatic N) is 3. The summed E-state index contributed by atoms with van der Waals surface area (Å²) in [5, 5.41) is 6.86. The van der Waals surface area contributed by atoms with E-state index in [1.165, 1.54) is 5.56 Å². The average Bonchev–Trinajstić information content (AvgIpc) is 2.82. The Morgan fingerprint density at radius 1 is 0.700 bits per heavy atom. The van der Waals surface area contributed by atoms with E-state index in [-0.39, 0.29) is 0 Å². The Labute approximate surface area is 177 Å². The van der Waals surface area contributed by atoms with Crippen molar-refractivity contribution in [1.29, 1.82) is 0 Å². The smallest absolute Gasteiger partial charge is 0.163 e. The number of aryl methyl sites for hydroxylation is 1. The number of hydrogen-bond acceptors (Lipinski definition) is 5. The average molecular weight is 396 g/mol. The molecule has 0 amide bonds. The van der Waals surface area contributed by atoms with Gasteiger partial charge in [0.1, 0.15) is 11.6 Å². The van der Waals surface area contributed by atoms with Crippen LogP contribution in [0.2, 0.25) is 0 Å². The molecule has 0 bridgehead atoms. The van der Waals surface area contributed by atoms with Crippen LogP contribution in [0.5, 0.6) is 0 Å². The predicted octanol–water partition coefficient (Wildman–Crippen LogP) is 5.20. The maximum absolute atomic E-state index is 4.73. The Kier molecular flexibility index (Phi) is 6.63. The number of hydrogen-bond donors (Lipinski definition) is 2. The van der Waals surface area contributed by atoms with Gasteiger partial charge in [-0.1, -0.05) is 66.7 Å². The van der Waals surface area contributed by atoms with E-state index >= 15 is 0 Å². The molecule has 0 saturated heterocycles. The zero-order valence-electron chi connectivity index (χ0n) is 16.8. The SMILES string of the molecule is c1ccc(CCCNc2cc(NCc3cccnc3)nc(-c3ccccc3)n2)cc1. The third kappa shape index (κ3) is 5.64. The topological polar surface area (TPSA) is 62.7 Å². The number of rotatable bonds is 9. The van der Waals surface area contributed by atoms with Crippen LogP contribution < -0.4 is 10.6 Å². The summed E-state index contributed by atoms with van der Waals surface area (Å²) in [5.41, 5.74) is 3.45. The summed E-state index contributed by atoms with van der Waals surface area (Å²) in [5.74, 6) is 2.32. The maximum Gasteiger partial charge on any atom is 0.163 e. The van der Waals surface area contributed by atoms with Crippen LogP contribution in [0.3, 0.4) is 0 Å². The van der Waals surface area contributed by atoms with Crippen molar-refractivity contribution in [3.63, 3.8) is 0 Å². The van der Waals surface area contributed by atoms with Crippen LogP contribution in [0.4, 0.5) is 11.6 Å². The van der Waals surface area contributed by atoms with Gasteiger partial charge >= 0.3 is 0 Å². The second-order valence-corrected chi connectivity index (χ2v) is 7.06. The molecule has 0 spiro atoms. The monoisotopic (exact) mass is 395 g/mol. The summed E-state index contributed by atoms with van der Waals surface area (Å²) in [6.07, 6.45) is 5.71. The van der Waals surface area contributed by atoms with Crippen molar-refractivity contribution in [2.75, 3.05) is 17.2 Å². The van der Waals surface area contributed by atoms with E-state index in [4.69, 9.17) is 9.97 Å². The Balaban J connectivity index is 1.45. The van der Waals surface area contributed by atoms with Gasteiger partial charge in [0.25, 0.3) is 0 Å². The second kappa shape index (κ2) is 10.2. The van der Waals surface area contributed by atoms with Crippen molar-refractivity contribution in [2.24, 2.45) is 0 Å². The van der Waals surface area contributed by atoms with Crippen LogP contribution in [0, 0.1) is 0 Å². The fourth-order valence-corrected chi connectivity index (χ4v) is 3.19. The van der Waals surface area contributed by atoms with Crippen LogP contribution >= 0.6 is 0 Å². The predicted molar refractivity (Wildman–Crippen MR) is 122 cm³/mol. The van der Waals surface area contributed by atoms with Gasteiger partial charge in [0.15, 0.2) is 5.82 Å². The minimum Gasteiger partial charge on any atom is -0.370 e. The lowest BCUT2D eigenvalue weighted by molar-refractivity contribution is 0.858. The molecule has 150 valence electrons. The van der Waals surface area contributed by atoms with Gasteiger partial charge in [-0.2, -0.15) is 0 Å². The summed E-state index contributed by atoms with van der Waals surface area (Å²) < 4.78 is 0. The largest absolute Gasteiger partial charge is 0.370 e. The summed E-state index contributed by atoms with van der Waals surface area (Å²) >= 11 is 0. The number of benzene rings is 2. The Morgan fingerprint density at radius 3 is 2.13 bits per heavy atom. The highest BCUT2D eigenvalue weighted by molar-refractivity contribution is 5.61. The highest BCUT2D eigenvalue weighted by Crippen LogP contribution is 2.20. The van der Waals surface area contributed by atoms with E-state index < -0.39 is 0 Å². The molecule has 2 aromatic heterocycles. The molecule has 0 atom stereocenters. The van der Waals surface area contributed by atoms with Crippen molar-refractivity contribution in [3.05, 3.63) is 102 Å². The molecule has 0 fully saturated rings. The van der Waals surface area contributed by atoms with Crippen molar-refractivity contribution in [2.45, 2.75) is 19.4 Å². The lowest BCUT2D eigenvalue weighted by Crippen LogP contribution is -2.08. The lowest BCUT2D eigenvalue weighted by atomic mass is 10.1. The molecule has 2 heterocycles. The Bertz CT molecular complexity index is 1040. The molecule has 2 aromatic carbocycles. The molecule has 0 aliphatic carbocycles. The molecule has 0 radical (unpaired) electrons. The first kappa shape index (κ1) is 19.6. The number of pyridine rings is 1. The molecular formula is C25H25N5. The van der Waals surface area contributed by atoms with Gasteiger partial charge in [0, 0.05) is 37.1 Å². The number of nitrogens with one attached hydrogen (secondary N) is 2. The van der Waals surface area contributed by atoms with E-state index in [9.17, 15) is 0 Å². The normalized spacial score (nSPS) is 10.5. The van der Waals surface area contributed by atoms with Gasteiger partial charge < -0.3 is 10.6 Å². The summed E-state index contributed by atoms with van der Waals surface area (Å²) in [4.78, 5) is 13.6. The van der Waals surface area contributed by atoms with Crippen molar-refractivity contribution in [1.82, 2.24) is 15.0 Å². The molecule has 5 heteroatoms. The van der Waals surface area contributed by atoms with Gasteiger partial charge in [-0.05, 0) is 30.0 Å². The van der Waals surface area contributed by atoms with E-state index in [1.54, 1.807) is 6.20 Å². The zero-order chi connectivity index (χ0) is 20.4. The molecule has 30 heavy (non-hydrogen) atoms. The quantitative estimate of drug-likeness (QED) is 0.382. The van der Waals surface area contributed by atoms with E-state index in [0.29, 0.717) is 12.4 Å². The van der Waals surface area contributed by atoms with Crippen molar-refractivity contribution < 1.29 is 0 Å². The molecule has 2 N–H and O–H groups in total. The Hall–Kier alpha value is -3.73. The van der Waals surface area contributed by atoms with Gasteiger partial charge in [-0.25, -0.2) is 9.97 Å². The lowest BCUT2D eigenvalue weighted by Gasteiger charge is -2.12. The highest BCUT2D eigenvalue weighted by atomic mass is 15.1. The maximum atomic E-state index is 4.73. The van der Waals surface area contributed by atoms with Crippen LogP contribution in [0.1, 0.15) is 17.5 Å². The van der Waals surface area contributed by atoms with Gasteiger partial charge in [-0.3, -0.25) is 4.98 Å². The van der Waals surface area contributed by atoms with E-state index in [1.807, 2.05) is 60.8 Å². The standard InChI is InChI=1S/C25H25N5/c1-3-9-20(10-4-1)11-8-16-27-23-17-24(28-19-21-12-7-15-26-18-21)30-25(29-23)22-13-5-2-6-14-22/h1-7,9-10,12-15,17-18H,8,11,16,19H2,(H2,27,28,29,30). The first-order valence-electron chi connectivity index (χ1n) is 10.2. The second-order valence-electron chi connectivity index (χ2n) is 7.06. The summed E-state index contributed by atoms with van der Waals surface area (Å²) in [6, 6.07) is 26.5. The van der Waals surface area contributed by atoms with Gasteiger partial charge in [-0.15, -0.1) is 0 Å². The highest BCUT2D eigenvalue weighted by Gasteiger charge is 2.07. The number of anilines is 2. The molecule has 0 aliphatic rings. The molecule has 5 nitrogen and oxygen atoms in total. The van der Waals surface area contributed by atoms with E-state index in [2.05, 4.69) is 39.9 Å². The van der Waals surface area contributed by atoms with Crippen LogP contribution in [0.15, 0.2) is 91.3 Å².